The third-order valence-electron chi connectivity index (χ3n) is 24.9. The zero-order chi connectivity index (χ0) is 70.1. The van der Waals surface area contributed by atoms with Crippen LogP contribution < -0.4 is 0 Å². The molecular weight excluding hydrogens is 1320 g/mol. The van der Waals surface area contributed by atoms with Crippen molar-refractivity contribution in [3.63, 3.8) is 0 Å². The van der Waals surface area contributed by atoms with E-state index >= 15 is 0 Å². The molecule has 0 aromatic heterocycles. The van der Waals surface area contributed by atoms with Gasteiger partial charge in [-0.15, -0.1) is 0 Å². The van der Waals surface area contributed by atoms with E-state index in [1.807, 2.05) is 0 Å². The molecule has 0 bridgehead atoms. The smallest absolute Gasteiger partial charge is 0.000697 e. The first-order valence-electron chi connectivity index (χ1n) is 37.9. The third-order valence-corrected chi connectivity index (χ3v) is 24.9. The van der Waals surface area contributed by atoms with E-state index in [0.717, 1.165) is 0 Å². The minimum atomic E-state index is 0. The first-order chi connectivity index (χ1) is 53.6. The van der Waals surface area contributed by atoms with Crippen LogP contribution in [-0.2, 0) is 0 Å². The minimum absolute atomic E-state index is 0. The van der Waals surface area contributed by atoms with Crippen molar-refractivity contribution in [2.45, 2.75) is 14.9 Å². The van der Waals surface area contributed by atoms with Crippen molar-refractivity contribution in [1.82, 2.24) is 0 Å². The SMILES string of the molecule is C.C.c1ccc(-c2c3c(c(-c4ccccc4)c4c2ccc2c5cc6c(cc5ccc24)-c2cccc4cccc-6c24)-c2cc4ccccc4c4cccc-3c24)cc1.c1ccc(-c2c3c(c(-c4ccccc4)c4c2ccc2c5cc6c(cc5ccc24)-c2cccc4cccc-6c24)-c2cccc4c2c-3cc2ccccc24)cc1. The molecule has 0 saturated heterocycles. The summed E-state index contributed by atoms with van der Waals surface area (Å²) < 4.78 is 0. The summed E-state index contributed by atoms with van der Waals surface area (Å²) in [5, 5.41) is 31.4. The highest BCUT2D eigenvalue weighted by Gasteiger charge is 2.35. The molecule has 0 heterocycles. The molecule has 0 saturated carbocycles. The predicted molar refractivity (Wildman–Crippen MR) is 476 cm³/mol. The molecule has 0 aliphatic heterocycles. The van der Waals surface area contributed by atoms with E-state index < -0.39 is 0 Å². The number of hydrogen-bond donors (Lipinski definition) is 0. The Morgan fingerprint density at radius 1 is 0.109 bits per heavy atom. The molecule has 0 spiro atoms. The summed E-state index contributed by atoms with van der Waals surface area (Å²) >= 11 is 0. The molecule has 0 heteroatoms. The summed E-state index contributed by atoms with van der Waals surface area (Å²) in [6.07, 6.45) is 0. The van der Waals surface area contributed by atoms with Gasteiger partial charge in [0.25, 0.3) is 0 Å². The summed E-state index contributed by atoms with van der Waals surface area (Å²) in [7, 11) is 0. The van der Waals surface area contributed by atoms with Crippen molar-refractivity contribution in [2.75, 3.05) is 0 Å². The Morgan fingerprint density at radius 2 is 0.373 bits per heavy atom. The maximum atomic E-state index is 2.48. The topological polar surface area (TPSA) is 0 Å². The summed E-state index contributed by atoms with van der Waals surface area (Å²) in [5.41, 5.74) is 31.6. The fraction of sp³-hybridized carbons (Fsp3) is 0.0182. The molecule has 0 nitrogen and oxygen atoms in total. The maximum absolute atomic E-state index is 2.48. The summed E-state index contributed by atoms with van der Waals surface area (Å²) in [5.74, 6) is 0. The molecule has 4 aliphatic carbocycles. The van der Waals surface area contributed by atoms with Gasteiger partial charge in [-0.2, -0.15) is 0 Å². The van der Waals surface area contributed by atoms with Gasteiger partial charge in [0.2, 0.25) is 0 Å². The van der Waals surface area contributed by atoms with E-state index in [1.165, 1.54) is 263 Å². The Kier molecular flexibility index (Phi) is 13.1. The van der Waals surface area contributed by atoms with Crippen LogP contribution in [0.2, 0.25) is 0 Å². The number of hydrogen-bond acceptors (Lipinski definition) is 0. The largest absolute Gasteiger partial charge is 0.0776 e. The van der Waals surface area contributed by atoms with Crippen molar-refractivity contribution in [3.8, 4) is 134 Å². The van der Waals surface area contributed by atoms with Crippen LogP contribution in [0.5, 0.6) is 0 Å². The standard InChI is InChI=1S/2C54H30.2CH4/c1-3-12-32(13-4-1)49-43-27-26-37-41(25-24-35-28-45-39-20-9-17-31-18-10-21-40(48(31)39)46(45)30-44(35)37)52(43)50(33-14-5-2-6-15-33)53-42-23-11-22-38-36-19-8-7-16-34(36)29-47(51(38)42)54(49)53;1-3-12-32(13-4-1)49-43-27-26-37-41(25-24-35-28-45-39-20-9-17-31-18-10-21-40(48(31)39)46(45)30-44(35)37)52(43)50(33-14-5-2-6-15-33)54-47-29-34-16-7-8-19-36(34)38-22-11-23-42(51(38)47)53(49)54;;/h2*1-30H;2*1H4. The van der Waals surface area contributed by atoms with Crippen LogP contribution in [0.1, 0.15) is 14.9 Å². The normalized spacial score (nSPS) is 12.2. The van der Waals surface area contributed by atoms with E-state index in [1.54, 1.807) is 0 Å². The van der Waals surface area contributed by atoms with Crippen molar-refractivity contribution in [2.24, 2.45) is 0 Å². The Morgan fingerprint density at radius 3 is 0.782 bits per heavy atom. The Bertz CT molecular complexity index is 7820. The molecule has 0 N–H and O–H groups in total. The van der Waals surface area contributed by atoms with Crippen LogP contribution in [0.25, 0.3) is 263 Å². The molecule has 4 aliphatic rings. The molecule has 22 aromatic rings. The molecular formula is C110H68. The second-order valence-electron chi connectivity index (χ2n) is 30.2. The molecule has 110 heavy (non-hydrogen) atoms. The maximum Gasteiger partial charge on any atom is -0.000697 e. The number of benzene rings is 22. The van der Waals surface area contributed by atoms with Crippen LogP contribution >= 0.6 is 0 Å². The van der Waals surface area contributed by atoms with Crippen molar-refractivity contribution in [1.29, 1.82) is 0 Å². The molecule has 0 amide bonds. The van der Waals surface area contributed by atoms with E-state index in [9.17, 15) is 0 Å². The van der Waals surface area contributed by atoms with E-state index in [2.05, 4.69) is 364 Å². The second-order valence-corrected chi connectivity index (χ2v) is 30.2. The fourth-order valence-electron chi connectivity index (χ4n) is 20.6. The van der Waals surface area contributed by atoms with Gasteiger partial charge in [-0.05, 0) is 299 Å². The lowest BCUT2D eigenvalue weighted by Gasteiger charge is -2.22. The van der Waals surface area contributed by atoms with Gasteiger partial charge < -0.3 is 0 Å². The van der Waals surface area contributed by atoms with E-state index in [-0.39, 0.29) is 14.9 Å². The van der Waals surface area contributed by atoms with Crippen molar-refractivity contribution in [3.05, 3.63) is 364 Å². The van der Waals surface area contributed by atoms with Crippen molar-refractivity contribution >= 4 is 129 Å². The van der Waals surface area contributed by atoms with Gasteiger partial charge in [0, 0.05) is 0 Å². The van der Waals surface area contributed by atoms with Gasteiger partial charge in [0.05, 0.1) is 0 Å². The summed E-state index contributed by atoms with van der Waals surface area (Å²) in [6, 6.07) is 137. The first kappa shape index (κ1) is 62.2. The fourth-order valence-corrected chi connectivity index (χ4v) is 20.6. The summed E-state index contributed by atoms with van der Waals surface area (Å²) in [6.45, 7) is 0. The van der Waals surface area contributed by atoms with Gasteiger partial charge in [0.1, 0.15) is 0 Å². The molecule has 26 rings (SSSR count). The van der Waals surface area contributed by atoms with Crippen LogP contribution in [0, 0.1) is 0 Å². The molecule has 0 unspecified atom stereocenters. The average Bonchev–Trinajstić information content (AvgIpc) is 1.49. The molecule has 508 valence electrons. The molecule has 22 aromatic carbocycles. The second kappa shape index (κ2) is 23.2. The number of fused-ring (bicyclic) bond motifs is 26. The quantitative estimate of drug-likeness (QED) is 0.154. The van der Waals surface area contributed by atoms with Gasteiger partial charge >= 0.3 is 0 Å². The summed E-state index contributed by atoms with van der Waals surface area (Å²) in [4.78, 5) is 0. The predicted octanol–water partition coefficient (Wildman–Crippen LogP) is 31.7. The van der Waals surface area contributed by atoms with Crippen LogP contribution in [0.3, 0.4) is 0 Å². The lowest BCUT2D eigenvalue weighted by molar-refractivity contribution is 1.63. The van der Waals surface area contributed by atoms with Gasteiger partial charge in [-0.1, -0.05) is 342 Å². The van der Waals surface area contributed by atoms with Gasteiger partial charge in [-0.3, -0.25) is 0 Å². The van der Waals surface area contributed by atoms with Crippen molar-refractivity contribution < 1.29 is 0 Å². The minimum Gasteiger partial charge on any atom is -0.0776 e. The zero-order valence-electron chi connectivity index (χ0n) is 58.6. The van der Waals surface area contributed by atoms with Gasteiger partial charge in [0.15, 0.2) is 0 Å². The average molecular weight is 1390 g/mol. The Hall–Kier alpha value is -14.0. The molecule has 0 atom stereocenters. The third kappa shape index (κ3) is 8.34. The highest BCUT2D eigenvalue weighted by atomic mass is 14.4. The Balaban J connectivity index is 0.000000130. The Labute approximate surface area is 637 Å². The first-order valence-corrected chi connectivity index (χ1v) is 37.9. The van der Waals surface area contributed by atoms with Crippen LogP contribution in [0.15, 0.2) is 364 Å². The monoisotopic (exact) mass is 1390 g/mol. The lowest BCUT2D eigenvalue weighted by atomic mass is 9.80. The van der Waals surface area contributed by atoms with E-state index in [0.29, 0.717) is 0 Å². The highest BCUT2D eigenvalue weighted by molar-refractivity contribution is 6.38. The molecule has 0 radical (unpaired) electrons. The molecule has 0 fully saturated rings. The number of rotatable bonds is 4. The zero-order valence-corrected chi connectivity index (χ0v) is 58.6. The van der Waals surface area contributed by atoms with Crippen LogP contribution in [-0.4, -0.2) is 0 Å². The highest BCUT2D eigenvalue weighted by Crippen LogP contribution is 2.63. The van der Waals surface area contributed by atoms with Gasteiger partial charge in [-0.25, -0.2) is 0 Å². The van der Waals surface area contributed by atoms with Crippen LogP contribution in [0.4, 0.5) is 0 Å². The van der Waals surface area contributed by atoms with E-state index in [4.69, 9.17) is 0 Å². The lowest BCUT2D eigenvalue weighted by Crippen LogP contribution is -1.95.